The van der Waals surface area contributed by atoms with Crippen molar-refractivity contribution in [3.63, 3.8) is 0 Å². The Morgan fingerprint density at radius 2 is 0.661 bits per heavy atom. The summed E-state index contributed by atoms with van der Waals surface area (Å²) >= 11 is 0. The molecule has 0 aliphatic rings. The molecule has 8 aromatic carbocycles. The van der Waals surface area contributed by atoms with Gasteiger partial charge in [0.05, 0.1) is 33.5 Å². The molecule has 0 N–H and O–H groups in total. The van der Waals surface area contributed by atoms with Crippen molar-refractivity contribution in [1.82, 2.24) is 19.1 Å². The van der Waals surface area contributed by atoms with Gasteiger partial charge in [0.15, 0.2) is 0 Å². The van der Waals surface area contributed by atoms with Gasteiger partial charge >= 0.3 is 0 Å². The fourth-order valence-electron chi connectivity index (χ4n) is 8.28. The molecule has 0 unspecified atom stereocenters. The Morgan fingerprint density at radius 1 is 0.268 bits per heavy atom. The Balaban J connectivity index is 1.11. The van der Waals surface area contributed by atoms with E-state index in [-0.39, 0.29) is 0 Å². The van der Waals surface area contributed by atoms with Gasteiger partial charge in [-0.25, -0.2) is 9.97 Å². The number of nitrogens with zero attached hydrogens (tertiary/aromatic N) is 4. The molecular weight excluding hydrogens is 681 g/mol. The van der Waals surface area contributed by atoms with Crippen molar-refractivity contribution < 1.29 is 0 Å². The first-order valence-electron chi connectivity index (χ1n) is 19.0. The zero-order valence-corrected chi connectivity index (χ0v) is 30.4. The van der Waals surface area contributed by atoms with E-state index < -0.39 is 0 Å². The van der Waals surface area contributed by atoms with Crippen LogP contribution in [-0.4, -0.2) is 19.1 Å². The summed E-state index contributed by atoms with van der Waals surface area (Å²) < 4.78 is 4.63. The molecule has 3 heterocycles. The van der Waals surface area contributed by atoms with E-state index in [4.69, 9.17) is 9.97 Å². The molecule has 0 fully saturated rings. The first-order chi connectivity index (χ1) is 27.8. The van der Waals surface area contributed by atoms with Crippen LogP contribution in [0.25, 0.3) is 100 Å². The van der Waals surface area contributed by atoms with E-state index in [1.165, 1.54) is 38.3 Å². The van der Waals surface area contributed by atoms with Crippen LogP contribution in [-0.2, 0) is 0 Å². The van der Waals surface area contributed by atoms with Crippen LogP contribution in [0.5, 0.6) is 0 Å². The van der Waals surface area contributed by atoms with Crippen molar-refractivity contribution in [1.29, 1.82) is 0 Å². The molecule has 0 radical (unpaired) electrons. The minimum Gasteiger partial charge on any atom is -0.309 e. The molecule has 0 spiro atoms. The molecule has 0 bridgehead atoms. The quantitative estimate of drug-likeness (QED) is 0.172. The van der Waals surface area contributed by atoms with Crippen LogP contribution in [0.15, 0.2) is 206 Å². The molecule has 0 saturated carbocycles. The second-order valence-electron chi connectivity index (χ2n) is 14.3. The summed E-state index contributed by atoms with van der Waals surface area (Å²) in [5.74, 6) is 0.642. The maximum Gasteiger partial charge on any atom is 0.235 e. The molecule has 11 aromatic rings. The summed E-state index contributed by atoms with van der Waals surface area (Å²) in [6.45, 7) is 0. The number of benzene rings is 8. The molecule has 11 rings (SSSR count). The summed E-state index contributed by atoms with van der Waals surface area (Å²) in [5.41, 5.74) is 14.2. The Kier molecular flexibility index (Phi) is 7.46. The van der Waals surface area contributed by atoms with Crippen LogP contribution >= 0.6 is 0 Å². The third kappa shape index (κ3) is 5.31. The van der Waals surface area contributed by atoms with Crippen LogP contribution in [0.4, 0.5) is 0 Å². The van der Waals surface area contributed by atoms with Gasteiger partial charge in [-0.2, -0.15) is 0 Å². The fraction of sp³-hybridized carbons (Fsp3) is 0. The minimum atomic E-state index is 0.642. The van der Waals surface area contributed by atoms with Crippen LogP contribution in [0.1, 0.15) is 0 Å². The number of hydrogen-bond donors (Lipinski definition) is 0. The lowest BCUT2D eigenvalue weighted by molar-refractivity contribution is 0.996. The summed E-state index contributed by atoms with van der Waals surface area (Å²) in [4.78, 5) is 10.5. The lowest BCUT2D eigenvalue weighted by Gasteiger charge is -2.12. The number of rotatable bonds is 6. The van der Waals surface area contributed by atoms with Gasteiger partial charge in [0.2, 0.25) is 5.95 Å². The smallest absolute Gasteiger partial charge is 0.235 e. The molecule has 0 atom stereocenters. The van der Waals surface area contributed by atoms with Crippen molar-refractivity contribution in [3.05, 3.63) is 206 Å². The third-order valence-corrected chi connectivity index (χ3v) is 11.0. The summed E-state index contributed by atoms with van der Waals surface area (Å²) in [6.07, 6.45) is 0. The van der Waals surface area contributed by atoms with E-state index in [9.17, 15) is 0 Å². The largest absolute Gasteiger partial charge is 0.309 e. The first kappa shape index (κ1) is 31.9. The molecule has 3 aromatic heterocycles. The lowest BCUT2D eigenvalue weighted by atomic mass is 10.0. The van der Waals surface area contributed by atoms with E-state index >= 15 is 0 Å². The van der Waals surface area contributed by atoms with Crippen molar-refractivity contribution in [2.45, 2.75) is 0 Å². The van der Waals surface area contributed by atoms with E-state index in [0.717, 1.165) is 55.7 Å². The average Bonchev–Trinajstić information content (AvgIpc) is 3.79. The van der Waals surface area contributed by atoms with Crippen LogP contribution in [0.3, 0.4) is 0 Å². The van der Waals surface area contributed by atoms with Crippen molar-refractivity contribution >= 4 is 43.6 Å². The van der Waals surface area contributed by atoms with Gasteiger partial charge in [0.1, 0.15) is 0 Å². The topological polar surface area (TPSA) is 35.6 Å². The third-order valence-electron chi connectivity index (χ3n) is 11.0. The summed E-state index contributed by atoms with van der Waals surface area (Å²) in [6, 6.07) is 73.3. The Labute approximate surface area is 324 Å². The van der Waals surface area contributed by atoms with Crippen molar-refractivity contribution in [2.24, 2.45) is 0 Å². The zero-order valence-electron chi connectivity index (χ0n) is 30.4. The lowest BCUT2D eigenvalue weighted by Crippen LogP contribution is -2.04. The Morgan fingerprint density at radius 3 is 1.20 bits per heavy atom. The zero-order chi connectivity index (χ0) is 37.0. The van der Waals surface area contributed by atoms with Gasteiger partial charge in [-0.1, -0.05) is 164 Å². The fourth-order valence-corrected chi connectivity index (χ4v) is 8.28. The van der Waals surface area contributed by atoms with E-state index in [0.29, 0.717) is 5.95 Å². The van der Waals surface area contributed by atoms with Gasteiger partial charge in [0, 0.05) is 38.4 Å². The summed E-state index contributed by atoms with van der Waals surface area (Å²) in [5, 5.41) is 4.79. The predicted molar refractivity (Wildman–Crippen MR) is 232 cm³/mol. The van der Waals surface area contributed by atoms with Gasteiger partial charge in [-0.05, 0) is 64.7 Å². The van der Waals surface area contributed by atoms with Crippen LogP contribution < -0.4 is 0 Å². The highest BCUT2D eigenvalue weighted by Gasteiger charge is 2.19. The van der Waals surface area contributed by atoms with Crippen molar-refractivity contribution in [2.75, 3.05) is 0 Å². The van der Waals surface area contributed by atoms with Gasteiger partial charge in [-0.15, -0.1) is 0 Å². The maximum absolute atomic E-state index is 5.26. The van der Waals surface area contributed by atoms with Gasteiger partial charge in [-0.3, -0.25) is 4.57 Å². The molecule has 0 amide bonds. The SMILES string of the molecule is c1ccc(-c2ccc(-n3c4ccccc4c4ccc(-c5ccc6c7ccccc7n(-c7nc(-c8ccccc8)cc(-c8ccccc8)n7)c6c5)cc43)cc2)cc1. The van der Waals surface area contributed by atoms with Crippen molar-refractivity contribution in [3.8, 4) is 56.4 Å². The Bertz CT molecular complexity index is 3160. The second-order valence-corrected chi connectivity index (χ2v) is 14.3. The number of aromatic nitrogens is 4. The molecule has 262 valence electrons. The van der Waals surface area contributed by atoms with Gasteiger partial charge in [0.25, 0.3) is 0 Å². The van der Waals surface area contributed by atoms with Crippen LogP contribution in [0, 0.1) is 0 Å². The first-order valence-corrected chi connectivity index (χ1v) is 19.0. The highest BCUT2D eigenvalue weighted by Crippen LogP contribution is 2.38. The van der Waals surface area contributed by atoms with Crippen LogP contribution in [0.2, 0.25) is 0 Å². The van der Waals surface area contributed by atoms with E-state index in [1.807, 2.05) is 12.1 Å². The maximum atomic E-state index is 5.26. The summed E-state index contributed by atoms with van der Waals surface area (Å²) in [7, 11) is 0. The molecule has 0 saturated heterocycles. The molecule has 0 aliphatic carbocycles. The van der Waals surface area contributed by atoms with E-state index in [1.54, 1.807) is 0 Å². The highest BCUT2D eigenvalue weighted by molar-refractivity contribution is 6.12. The average molecular weight is 715 g/mol. The molecular formula is C52H34N4. The molecule has 0 aliphatic heterocycles. The minimum absolute atomic E-state index is 0.642. The molecule has 4 heteroatoms. The highest BCUT2D eigenvalue weighted by atomic mass is 15.2. The number of hydrogen-bond acceptors (Lipinski definition) is 2. The standard InChI is InChI=1S/C52H34N4/c1-4-14-35(15-5-1)36-24-28-41(29-25-36)55-48-22-12-10-20-42(48)44-30-26-39(32-50(44)55)40-27-31-45-43-21-11-13-23-49(43)56(51(45)33-40)52-53-46(37-16-6-2-7-17-37)34-47(54-52)38-18-8-3-9-19-38/h1-34H. The monoisotopic (exact) mass is 714 g/mol. The normalized spacial score (nSPS) is 11.6. The Hall–Kier alpha value is -7.56. The molecule has 56 heavy (non-hydrogen) atoms. The second kappa shape index (κ2) is 13.1. The predicted octanol–water partition coefficient (Wildman–Crippen LogP) is 13.3. The van der Waals surface area contributed by atoms with Gasteiger partial charge < -0.3 is 4.57 Å². The van der Waals surface area contributed by atoms with E-state index in [2.05, 4.69) is 203 Å². The molecule has 4 nitrogen and oxygen atoms in total. The number of para-hydroxylation sites is 2. The number of fused-ring (bicyclic) bond motifs is 6.